The van der Waals surface area contributed by atoms with Gasteiger partial charge in [0.15, 0.2) is 0 Å². The van der Waals surface area contributed by atoms with Crippen LogP contribution < -0.4 is 10.0 Å². The Kier molecular flexibility index (Phi) is 5.34. The van der Waals surface area contributed by atoms with Crippen molar-refractivity contribution in [3.05, 3.63) is 0 Å². The van der Waals surface area contributed by atoms with E-state index in [-0.39, 0.29) is 12.6 Å². The van der Waals surface area contributed by atoms with Gasteiger partial charge in [0.1, 0.15) is 0 Å². The van der Waals surface area contributed by atoms with Gasteiger partial charge in [-0.3, -0.25) is 0 Å². The Morgan fingerprint density at radius 3 is 2.15 bits per heavy atom. The van der Waals surface area contributed by atoms with Gasteiger partial charge >= 0.3 is 5.76 Å². The molecule has 0 aliphatic carbocycles. The van der Waals surface area contributed by atoms with Gasteiger partial charge in [-0.1, -0.05) is 13.8 Å². The molecule has 0 aliphatic heterocycles. The zero-order valence-electron chi connectivity index (χ0n) is 7.55. The number of alkyl halides is 2. The number of nitrogens with one attached hydrogen (secondary N) is 2. The molecule has 2 N–H and O–H groups in total. The van der Waals surface area contributed by atoms with Gasteiger partial charge < -0.3 is 5.32 Å². The summed E-state index contributed by atoms with van der Waals surface area (Å²) >= 11 is 0. The summed E-state index contributed by atoms with van der Waals surface area (Å²) in [6.45, 7) is 4.07. The highest BCUT2D eigenvalue weighted by molar-refractivity contribution is 7.89. The highest BCUT2D eigenvalue weighted by Crippen LogP contribution is 2.00. The van der Waals surface area contributed by atoms with Crippen LogP contribution in [0.15, 0.2) is 0 Å². The third-order valence-electron chi connectivity index (χ3n) is 1.22. The molecule has 0 heterocycles. The predicted octanol–water partition coefficient (Wildman–Crippen LogP) is 0.126. The van der Waals surface area contributed by atoms with Crippen LogP contribution >= 0.6 is 0 Å². The van der Waals surface area contributed by atoms with Crippen molar-refractivity contribution in [1.29, 1.82) is 0 Å². The monoisotopic (exact) mass is 216 g/mol. The molecule has 0 fully saturated rings. The van der Waals surface area contributed by atoms with Gasteiger partial charge in [-0.25, -0.2) is 13.1 Å². The molecule has 0 aromatic carbocycles. The second kappa shape index (κ2) is 5.46. The van der Waals surface area contributed by atoms with E-state index in [2.05, 4.69) is 5.32 Å². The lowest BCUT2D eigenvalue weighted by Crippen LogP contribution is -2.37. The zero-order chi connectivity index (χ0) is 10.5. The minimum atomic E-state index is -4.42. The summed E-state index contributed by atoms with van der Waals surface area (Å²) in [5, 5.41) is 2.89. The zero-order valence-corrected chi connectivity index (χ0v) is 8.37. The van der Waals surface area contributed by atoms with Gasteiger partial charge in [-0.2, -0.15) is 8.78 Å². The van der Waals surface area contributed by atoms with Crippen molar-refractivity contribution in [3.63, 3.8) is 0 Å². The third-order valence-corrected chi connectivity index (χ3v) is 2.29. The average molecular weight is 216 g/mol. The SMILES string of the molecule is CC(C)NCCNS(=O)(=O)C(F)F. The molecule has 13 heavy (non-hydrogen) atoms. The maximum Gasteiger partial charge on any atom is 0.350 e. The Balaban J connectivity index is 3.66. The van der Waals surface area contributed by atoms with Crippen LogP contribution in [0, 0.1) is 0 Å². The van der Waals surface area contributed by atoms with Crippen LogP contribution in [0.4, 0.5) is 8.78 Å². The molecule has 4 nitrogen and oxygen atoms in total. The highest BCUT2D eigenvalue weighted by Gasteiger charge is 2.22. The first kappa shape index (κ1) is 12.7. The number of hydrogen-bond donors (Lipinski definition) is 2. The lowest BCUT2D eigenvalue weighted by atomic mass is 10.4. The van der Waals surface area contributed by atoms with Crippen molar-refractivity contribution in [2.45, 2.75) is 25.6 Å². The van der Waals surface area contributed by atoms with E-state index in [0.717, 1.165) is 0 Å². The molecule has 80 valence electrons. The fourth-order valence-electron chi connectivity index (χ4n) is 0.617. The van der Waals surface area contributed by atoms with Crippen molar-refractivity contribution in [1.82, 2.24) is 10.0 Å². The predicted molar refractivity (Wildman–Crippen MR) is 46.1 cm³/mol. The second-order valence-electron chi connectivity index (χ2n) is 2.81. The van der Waals surface area contributed by atoms with E-state index >= 15 is 0 Å². The first-order valence-corrected chi connectivity index (χ1v) is 5.41. The molecule has 0 aromatic heterocycles. The van der Waals surface area contributed by atoms with Crippen molar-refractivity contribution in [3.8, 4) is 0 Å². The Labute approximate surface area is 76.8 Å². The maximum atomic E-state index is 11.7. The highest BCUT2D eigenvalue weighted by atomic mass is 32.2. The maximum absolute atomic E-state index is 11.7. The number of hydrogen-bond acceptors (Lipinski definition) is 3. The molecule has 0 saturated carbocycles. The fraction of sp³-hybridized carbons (Fsp3) is 1.00. The van der Waals surface area contributed by atoms with Gasteiger partial charge in [0, 0.05) is 19.1 Å². The smallest absolute Gasteiger partial charge is 0.313 e. The molecule has 0 aliphatic rings. The van der Waals surface area contributed by atoms with Crippen LogP contribution in [-0.4, -0.2) is 33.3 Å². The van der Waals surface area contributed by atoms with Crippen LogP contribution in [0.25, 0.3) is 0 Å². The summed E-state index contributed by atoms with van der Waals surface area (Å²) < 4.78 is 46.2. The van der Waals surface area contributed by atoms with Gasteiger partial charge in [0.2, 0.25) is 0 Å². The lowest BCUT2D eigenvalue weighted by Gasteiger charge is -2.08. The van der Waals surface area contributed by atoms with Crippen LogP contribution in [0.1, 0.15) is 13.8 Å². The summed E-state index contributed by atoms with van der Waals surface area (Å²) in [4.78, 5) is 0. The molecule has 0 saturated heterocycles. The number of halogens is 2. The summed E-state index contributed by atoms with van der Waals surface area (Å²) in [5.41, 5.74) is 0. The molecule has 0 radical (unpaired) electrons. The third kappa shape index (κ3) is 5.89. The van der Waals surface area contributed by atoms with E-state index in [9.17, 15) is 17.2 Å². The summed E-state index contributed by atoms with van der Waals surface area (Å²) in [6.07, 6.45) is 0. The van der Waals surface area contributed by atoms with Crippen molar-refractivity contribution < 1.29 is 17.2 Å². The molecule has 0 amide bonds. The molecule has 0 unspecified atom stereocenters. The first-order chi connectivity index (χ1) is 5.86. The summed E-state index contributed by atoms with van der Waals surface area (Å²) in [5.74, 6) is -3.36. The van der Waals surface area contributed by atoms with Gasteiger partial charge in [0.05, 0.1) is 0 Å². The molecule has 0 aromatic rings. The minimum Gasteiger partial charge on any atom is -0.313 e. The summed E-state index contributed by atoms with van der Waals surface area (Å²) in [6, 6.07) is 0.205. The molecule has 0 spiro atoms. The fourth-order valence-corrected chi connectivity index (χ4v) is 1.13. The minimum absolute atomic E-state index is 0.0230. The Bertz CT molecular complexity index is 229. The van der Waals surface area contributed by atoms with Crippen LogP contribution in [0.2, 0.25) is 0 Å². The quantitative estimate of drug-likeness (QED) is 0.620. The summed E-state index contributed by atoms with van der Waals surface area (Å²) in [7, 11) is -4.42. The lowest BCUT2D eigenvalue weighted by molar-refractivity contribution is 0.232. The number of sulfonamides is 1. The van der Waals surface area contributed by atoms with Gasteiger partial charge in [-0.05, 0) is 0 Å². The second-order valence-corrected chi connectivity index (χ2v) is 4.54. The molecular weight excluding hydrogens is 202 g/mol. The van der Waals surface area contributed by atoms with E-state index < -0.39 is 15.8 Å². The van der Waals surface area contributed by atoms with E-state index in [1.807, 2.05) is 13.8 Å². The molecule has 0 bridgehead atoms. The first-order valence-electron chi connectivity index (χ1n) is 3.86. The van der Waals surface area contributed by atoms with Gasteiger partial charge in [-0.15, -0.1) is 0 Å². The van der Waals surface area contributed by atoms with E-state index in [0.29, 0.717) is 6.54 Å². The largest absolute Gasteiger partial charge is 0.350 e. The van der Waals surface area contributed by atoms with E-state index in [1.54, 1.807) is 4.72 Å². The van der Waals surface area contributed by atoms with Gasteiger partial charge in [0.25, 0.3) is 10.0 Å². The topological polar surface area (TPSA) is 58.2 Å². The molecule has 0 rings (SSSR count). The van der Waals surface area contributed by atoms with Crippen molar-refractivity contribution in [2.24, 2.45) is 0 Å². The van der Waals surface area contributed by atoms with Crippen molar-refractivity contribution in [2.75, 3.05) is 13.1 Å². The van der Waals surface area contributed by atoms with Crippen molar-refractivity contribution >= 4 is 10.0 Å². The van der Waals surface area contributed by atoms with Crippen LogP contribution in [0.3, 0.4) is 0 Å². The van der Waals surface area contributed by atoms with E-state index in [1.165, 1.54) is 0 Å². The average Bonchev–Trinajstić information content (AvgIpc) is 1.97. The molecule has 7 heteroatoms. The standard InChI is InChI=1S/C6H14F2N2O2S/c1-5(2)9-3-4-10-13(11,12)6(7)8/h5-6,9-10H,3-4H2,1-2H3. The van der Waals surface area contributed by atoms with Crippen LogP contribution in [0.5, 0.6) is 0 Å². The Morgan fingerprint density at radius 1 is 1.23 bits per heavy atom. The molecule has 0 atom stereocenters. The van der Waals surface area contributed by atoms with Crippen LogP contribution in [-0.2, 0) is 10.0 Å². The normalized spacial score (nSPS) is 12.8. The molecular formula is C6H14F2N2O2S. The number of rotatable bonds is 6. The Hall–Kier alpha value is -0.270. The van der Waals surface area contributed by atoms with E-state index in [4.69, 9.17) is 0 Å². The Morgan fingerprint density at radius 2 is 1.77 bits per heavy atom.